The molecule has 15 heavy (non-hydrogen) atoms. The molecule has 0 unspecified atom stereocenters. The van der Waals surface area contributed by atoms with Crippen molar-refractivity contribution in [3.63, 3.8) is 0 Å². The summed E-state index contributed by atoms with van der Waals surface area (Å²) in [5.41, 5.74) is 1.41. The lowest BCUT2D eigenvalue weighted by Crippen LogP contribution is -2.13. The first kappa shape index (κ1) is 11.8. The van der Waals surface area contributed by atoms with E-state index in [2.05, 4.69) is 36.4 Å². The van der Waals surface area contributed by atoms with E-state index in [1.807, 2.05) is 25.4 Å². The van der Waals surface area contributed by atoms with E-state index in [0.29, 0.717) is 5.41 Å². The van der Waals surface area contributed by atoms with Gasteiger partial charge in [-0.2, -0.15) is 0 Å². The Labute approximate surface area is 92.3 Å². The van der Waals surface area contributed by atoms with Gasteiger partial charge < -0.3 is 10.6 Å². The van der Waals surface area contributed by atoms with Crippen molar-refractivity contribution in [2.45, 2.75) is 27.2 Å². The fourth-order valence-corrected chi connectivity index (χ4v) is 1.21. The van der Waals surface area contributed by atoms with Crippen LogP contribution in [0.15, 0.2) is 18.3 Å². The predicted molar refractivity (Wildman–Crippen MR) is 66.3 cm³/mol. The molecule has 1 aromatic rings. The molecule has 3 heteroatoms. The second kappa shape index (κ2) is 5.01. The molecule has 3 nitrogen and oxygen atoms in total. The lowest BCUT2D eigenvalue weighted by Gasteiger charge is -2.18. The molecule has 0 saturated carbocycles. The van der Waals surface area contributed by atoms with Gasteiger partial charge >= 0.3 is 0 Å². The third kappa shape index (κ3) is 4.68. The Morgan fingerprint density at radius 3 is 2.47 bits per heavy atom. The monoisotopic (exact) mass is 207 g/mol. The number of aromatic nitrogens is 1. The fourth-order valence-electron chi connectivity index (χ4n) is 1.21. The summed E-state index contributed by atoms with van der Waals surface area (Å²) in [4.78, 5) is 4.30. The van der Waals surface area contributed by atoms with Gasteiger partial charge in [0, 0.05) is 13.6 Å². The summed E-state index contributed by atoms with van der Waals surface area (Å²) >= 11 is 0. The molecule has 0 amide bonds. The summed E-state index contributed by atoms with van der Waals surface area (Å²) in [5, 5.41) is 6.36. The number of hydrogen-bond acceptors (Lipinski definition) is 3. The van der Waals surface area contributed by atoms with Crippen LogP contribution < -0.4 is 10.6 Å². The molecule has 0 saturated heterocycles. The molecule has 1 heterocycles. The van der Waals surface area contributed by atoms with E-state index in [0.717, 1.165) is 24.5 Å². The van der Waals surface area contributed by atoms with Crippen molar-refractivity contribution in [1.82, 2.24) is 4.98 Å². The van der Waals surface area contributed by atoms with Gasteiger partial charge in [-0.3, -0.25) is 0 Å². The van der Waals surface area contributed by atoms with Crippen molar-refractivity contribution in [2.75, 3.05) is 24.2 Å². The summed E-state index contributed by atoms with van der Waals surface area (Å²) in [6.45, 7) is 7.69. The summed E-state index contributed by atoms with van der Waals surface area (Å²) < 4.78 is 0. The Morgan fingerprint density at radius 1 is 1.27 bits per heavy atom. The van der Waals surface area contributed by atoms with Gasteiger partial charge in [-0.1, -0.05) is 20.8 Å². The van der Waals surface area contributed by atoms with Gasteiger partial charge in [0.2, 0.25) is 0 Å². The number of rotatable bonds is 4. The van der Waals surface area contributed by atoms with Crippen LogP contribution in [0.2, 0.25) is 0 Å². The van der Waals surface area contributed by atoms with E-state index in [9.17, 15) is 0 Å². The van der Waals surface area contributed by atoms with Crippen molar-refractivity contribution >= 4 is 11.5 Å². The number of anilines is 2. The van der Waals surface area contributed by atoms with Gasteiger partial charge in [-0.15, -0.1) is 0 Å². The summed E-state index contributed by atoms with van der Waals surface area (Å²) in [7, 11) is 1.89. The minimum atomic E-state index is 0.373. The normalized spacial score (nSPS) is 11.2. The molecule has 0 spiro atoms. The number of nitrogens with zero attached hydrogens (tertiary/aromatic N) is 1. The molecular weight excluding hydrogens is 186 g/mol. The average Bonchev–Trinajstić information content (AvgIpc) is 2.17. The molecular formula is C12H21N3. The molecule has 0 atom stereocenters. The zero-order valence-electron chi connectivity index (χ0n) is 10.1. The summed E-state index contributed by atoms with van der Waals surface area (Å²) in [6.07, 6.45) is 2.97. The van der Waals surface area contributed by atoms with Crippen LogP contribution in [-0.4, -0.2) is 18.6 Å². The number of hydrogen-bond donors (Lipinski definition) is 2. The second-order valence-corrected chi connectivity index (χ2v) is 4.92. The van der Waals surface area contributed by atoms with Crippen LogP contribution in [0.5, 0.6) is 0 Å². The standard InChI is InChI=1S/C12H21N3/c1-12(2,3)7-8-14-11-6-5-10(13-4)9-15-11/h5-6,9,13H,7-8H2,1-4H3,(H,14,15). The smallest absolute Gasteiger partial charge is 0.126 e. The Bertz CT molecular complexity index is 285. The van der Waals surface area contributed by atoms with Gasteiger partial charge in [0.1, 0.15) is 5.82 Å². The van der Waals surface area contributed by atoms with Crippen LogP contribution >= 0.6 is 0 Å². The highest BCUT2D eigenvalue weighted by Gasteiger charge is 2.08. The summed E-state index contributed by atoms with van der Waals surface area (Å²) in [6, 6.07) is 4.01. The first-order valence-electron chi connectivity index (χ1n) is 5.39. The first-order chi connectivity index (χ1) is 7.01. The van der Waals surface area contributed by atoms with E-state index in [1.54, 1.807) is 0 Å². The van der Waals surface area contributed by atoms with Crippen molar-refractivity contribution in [2.24, 2.45) is 5.41 Å². The van der Waals surface area contributed by atoms with Crippen LogP contribution in [0.3, 0.4) is 0 Å². The van der Waals surface area contributed by atoms with Crippen LogP contribution in [0.1, 0.15) is 27.2 Å². The largest absolute Gasteiger partial charge is 0.387 e. The highest BCUT2D eigenvalue weighted by atomic mass is 15.0. The van der Waals surface area contributed by atoms with Gasteiger partial charge in [0.05, 0.1) is 11.9 Å². The molecule has 1 aromatic heterocycles. The highest BCUT2D eigenvalue weighted by Crippen LogP contribution is 2.18. The Hall–Kier alpha value is -1.25. The van der Waals surface area contributed by atoms with Gasteiger partial charge in [-0.25, -0.2) is 4.98 Å². The van der Waals surface area contributed by atoms with E-state index in [4.69, 9.17) is 0 Å². The minimum Gasteiger partial charge on any atom is -0.387 e. The third-order valence-electron chi connectivity index (χ3n) is 2.23. The van der Waals surface area contributed by atoms with Gasteiger partial charge in [0.25, 0.3) is 0 Å². The average molecular weight is 207 g/mol. The third-order valence-corrected chi connectivity index (χ3v) is 2.23. The number of pyridine rings is 1. The molecule has 0 aliphatic carbocycles. The van der Waals surface area contributed by atoms with Crippen molar-refractivity contribution in [3.05, 3.63) is 18.3 Å². The predicted octanol–water partition coefficient (Wildman–Crippen LogP) is 2.97. The molecule has 0 fully saturated rings. The SMILES string of the molecule is CNc1ccc(NCCC(C)(C)C)nc1. The van der Waals surface area contributed by atoms with E-state index >= 15 is 0 Å². The van der Waals surface area contributed by atoms with Crippen molar-refractivity contribution in [3.8, 4) is 0 Å². The quantitative estimate of drug-likeness (QED) is 0.797. The number of nitrogens with one attached hydrogen (secondary N) is 2. The topological polar surface area (TPSA) is 37.0 Å². The van der Waals surface area contributed by atoms with E-state index < -0.39 is 0 Å². The maximum Gasteiger partial charge on any atom is 0.126 e. The first-order valence-corrected chi connectivity index (χ1v) is 5.39. The molecule has 84 valence electrons. The Balaban J connectivity index is 2.38. The van der Waals surface area contributed by atoms with Crippen molar-refractivity contribution < 1.29 is 0 Å². The van der Waals surface area contributed by atoms with Gasteiger partial charge in [-0.05, 0) is 24.0 Å². The maximum absolute atomic E-state index is 4.30. The Morgan fingerprint density at radius 2 is 2.00 bits per heavy atom. The molecule has 2 N–H and O–H groups in total. The highest BCUT2D eigenvalue weighted by molar-refractivity contribution is 5.46. The molecule has 1 rings (SSSR count). The van der Waals surface area contributed by atoms with Crippen LogP contribution in [0, 0.1) is 5.41 Å². The Kier molecular flexibility index (Phi) is 3.95. The van der Waals surface area contributed by atoms with Crippen LogP contribution in [-0.2, 0) is 0 Å². The maximum atomic E-state index is 4.30. The van der Waals surface area contributed by atoms with E-state index in [1.165, 1.54) is 0 Å². The van der Waals surface area contributed by atoms with Crippen LogP contribution in [0.25, 0.3) is 0 Å². The summed E-state index contributed by atoms with van der Waals surface area (Å²) in [5.74, 6) is 0.943. The van der Waals surface area contributed by atoms with Crippen molar-refractivity contribution in [1.29, 1.82) is 0 Å². The zero-order valence-corrected chi connectivity index (χ0v) is 10.1. The van der Waals surface area contributed by atoms with Gasteiger partial charge in [0.15, 0.2) is 0 Å². The van der Waals surface area contributed by atoms with E-state index in [-0.39, 0.29) is 0 Å². The molecule has 0 aliphatic heterocycles. The fraction of sp³-hybridized carbons (Fsp3) is 0.583. The molecule has 0 aromatic carbocycles. The minimum absolute atomic E-state index is 0.373. The molecule has 0 bridgehead atoms. The molecule has 0 aliphatic rings. The van der Waals surface area contributed by atoms with Crippen LogP contribution in [0.4, 0.5) is 11.5 Å². The lowest BCUT2D eigenvalue weighted by molar-refractivity contribution is 0.389. The lowest BCUT2D eigenvalue weighted by atomic mass is 9.92. The zero-order chi connectivity index (χ0) is 11.3. The molecule has 0 radical (unpaired) electrons. The second-order valence-electron chi connectivity index (χ2n) is 4.92.